The van der Waals surface area contributed by atoms with Crippen molar-refractivity contribution in [1.29, 1.82) is 0 Å². The third-order valence-corrected chi connectivity index (χ3v) is 7.50. The summed E-state index contributed by atoms with van der Waals surface area (Å²) < 4.78 is 0. The van der Waals surface area contributed by atoms with Crippen LogP contribution in [0.15, 0.2) is 0 Å². The highest BCUT2D eigenvalue weighted by atomic mass is 32.2. The van der Waals surface area contributed by atoms with E-state index >= 15 is 0 Å². The molecule has 1 aliphatic heterocycles. The monoisotopic (exact) mass is 180 g/mol. The second-order valence-electron chi connectivity index (χ2n) is 5.43. The predicted molar refractivity (Wildman–Crippen MR) is 46.7 cm³/mol. The van der Waals surface area contributed by atoms with Crippen molar-refractivity contribution in [3.05, 3.63) is 0 Å². The van der Waals surface area contributed by atoms with Crippen LogP contribution in [0.4, 0.5) is 0 Å². The summed E-state index contributed by atoms with van der Waals surface area (Å²) in [5, 5.41) is 11.9. The highest BCUT2D eigenvalue weighted by molar-refractivity contribution is 8.01. The minimum Gasteiger partial charge on any atom is -0.392 e. The van der Waals surface area contributed by atoms with Gasteiger partial charge in [0.25, 0.3) is 0 Å². The number of fused-ring (bicyclic) bond motifs is 2. The Morgan fingerprint density at radius 2 is 1.83 bits per heavy atom. The van der Waals surface area contributed by atoms with Gasteiger partial charge in [0.05, 0.1) is 6.10 Å². The van der Waals surface area contributed by atoms with Crippen LogP contribution in [0.25, 0.3) is 0 Å². The minimum absolute atomic E-state index is 0.125. The van der Waals surface area contributed by atoms with Crippen molar-refractivity contribution in [2.45, 2.75) is 23.0 Å². The lowest BCUT2D eigenvalue weighted by atomic mass is 9.64. The fourth-order valence-electron chi connectivity index (χ4n) is 5.51. The lowest BCUT2D eigenvalue weighted by Gasteiger charge is -2.45. The van der Waals surface area contributed by atoms with Gasteiger partial charge in [-0.15, -0.1) is 0 Å². The van der Waals surface area contributed by atoms with Crippen LogP contribution >= 0.6 is 11.8 Å². The van der Waals surface area contributed by atoms with Crippen LogP contribution in [0, 0.1) is 35.5 Å². The van der Waals surface area contributed by atoms with Crippen molar-refractivity contribution >= 4 is 11.8 Å². The Morgan fingerprint density at radius 1 is 0.917 bits per heavy atom. The zero-order valence-electron chi connectivity index (χ0n) is 6.76. The average Bonchev–Trinajstić information content (AvgIpc) is 2.47. The Kier molecular flexibility index (Phi) is 0.690. The molecule has 1 heterocycles. The van der Waals surface area contributed by atoms with Crippen LogP contribution in [-0.4, -0.2) is 21.7 Å². The number of thioether (sulfide) groups is 1. The molecule has 64 valence electrons. The molecule has 0 aromatic heterocycles. The van der Waals surface area contributed by atoms with Crippen LogP contribution in [0.2, 0.25) is 0 Å². The fraction of sp³-hybridized carbons (Fsp3) is 1.00. The molecular weight excluding hydrogens is 168 g/mol. The van der Waals surface area contributed by atoms with E-state index in [-0.39, 0.29) is 6.10 Å². The fourth-order valence-corrected chi connectivity index (χ4v) is 8.00. The maximum Gasteiger partial charge on any atom is 0.0623 e. The maximum absolute atomic E-state index is 10.1. The van der Waals surface area contributed by atoms with Crippen molar-refractivity contribution in [2.24, 2.45) is 35.5 Å². The molecule has 2 bridgehead atoms. The maximum atomic E-state index is 10.1. The molecule has 5 fully saturated rings. The number of aliphatic hydroxyl groups excluding tert-OH is 1. The zero-order valence-corrected chi connectivity index (χ0v) is 7.58. The molecule has 5 rings (SSSR count). The smallest absolute Gasteiger partial charge is 0.0623 e. The molecule has 12 heavy (non-hydrogen) atoms. The van der Waals surface area contributed by atoms with Gasteiger partial charge in [-0.1, -0.05) is 0 Å². The van der Waals surface area contributed by atoms with Crippen LogP contribution in [0.3, 0.4) is 0 Å². The van der Waals surface area contributed by atoms with Gasteiger partial charge in [0.1, 0.15) is 0 Å². The topological polar surface area (TPSA) is 20.2 Å². The van der Waals surface area contributed by atoms with Crippen LogP contribution in [0.1, 0.15) is 6.42 Å². The lowest BCUT2D eigenvalue weighted by Crippen LogP contribution is -2.48. The summed E-state index contributed by atoms with van der Waals surface area (Å²) in [7, 11) is 0. The predicted octanol–water partition coefficient (Wildman–Crippen LogP) is 0.973. The van der Waals surface area contributed by atoms with Gasteiger partial charge in [-0.25, -0.2) is 0 Å². The Labute approximate surface area is 75.9 Å². The number of rotatable bonds is 0. The molecule has 4 aliphatic carbocycles. The highest BCUT2D eigenvalue weighted by Crippen LogP contribution is 2.82. The molecule has 5 aliphatic rings. The summed E-state index contributed by atoms with van der Waals surface area (Å²) in [5.41, 5.74) is 0. The van der Waals surface area contributed by atoms with E-state index in [0.717, 1.165) is 46.0 Å². The number of aliphatic hydroxyl groups is 1. The molecule has 1 N–H and O–H groups in total. The van der Waals surface area contributed by atoms with E-state index in [1.54, 1.807) is 0 Å². The first-order valence-corrected chi connectivity index (χ1v) is 6.16. The first-order chi connectivity index (χ1) is 5.88. The van der Waals surface area contributed by atoms with Gasteiger partial charge < -0.3 is 5.11 Å². The van der Waals surface area contributed by atoms with Crippen molar-refractivity contribution in [2.75, 3.05) is 0 Å². The molecule has 0 radical (unpaired) electrons. The molecule has 1 saturated heterocycles. The van der Waals surface area contributed by atoms with Crippen molar-refractivity contribution in [3.8, 4) is 0 Å². The summed E-state index contributed by atoms with van der Waals surface area (Å²) in [6, 6.07) is 0. The van der Waals surface area contributed by atoms with E-state index in [0.29, 0.717) is 0 Å². The van der Waals surface area contributed by atoms with E-state index in [1.165, 1.54) is 6.42 Å². The third-order valence-electron chi connectivity index (χ3n) is 5.58. The summed E-state index contributed by atoms with van der Waals surface area (Å²) >= 11 is 2.25. The highest BCUT2D eigenvalue weighted by Gasteiger charge is 2.81. The molecule has 9 atom stereocenters. The van der Waals surface area contributed by atoms with Gasteiger partial charge >= 0.3 is 0 Å². The van der Waals surface area contributed by atoms with Crippen molar-refractivity contribution < 1.29 is 5.11 Å². The van der Waals surface area contributed by atoms with Crippen LogP contribution in [0.5, 0.6) is 0 Å². The van der Waals surface area contributed by atoms with Gasteiger partial charge in [-0.05, 0) is 30.1 Å². The standard InChI is InChI=1S/C10H12OS/c11-8-6-2-1-3-5-4(2)7(8)10(5)12-9(3)6/h2-11H,1H2/t2-,3+,4+,5-,6-,7+,8-,9+,10+/m0/s1. The van der Waals surface area contributed by atoms with Crippen LogP contribution in [-0.2, 0) is 0 Å². The third kappa shape index (κ3) is 0.327. The quantitative estimate of drug-likeness (QED) is 0.599. The Bertz CT molecular complexity index is 282. The van der Waals surface area contributed by atoms with E-state index in [2.05, 4.69) is 11.8 Å². The van der Waals surface area contributed by atoms with E-state index in [1.807, 2.05) is 0 Å². The van der Waals surface area contributed by atoms with Crippen molar-refractivity contribution in [3.63, 3.8) is 0 Å². The van der Waals surface area contributed by atoms with Gasteiger partial charge in [0.2, 0.25) is 0 Å². The normalized spacial score (nSPS) is 85.2. The molecule has 2 heteroatoms. The van der Waals surface area contributed by atoms with E-state index in [9.17, 15) is 5.11 Å². The summed E-state index contributed by atoms with van der Waals surface area (Å²) in [5.74, 6) is 5.57. The first-order valence-electron chi connectivity index (χ1n) is 5.21. The van der Waals surface area contributed by atoms with Crippen molar-refractivity contribution in [1.82, 2.24) is 0 Å². The van der Waals surface area contributed by atoms with E-state index in [4.69, 9.17) is 0 Å². The Balaban J connectivity index is 1.86. The molecular formula is C10H12OS. The molecule has 0 unspecified atom stereocenters. The minimum atomic E-state index is 0.125. The van der Waals surface area contributed by atoms with Crippen LogP contribution < -0.4 is 0 Å². The molecule has 1 nitrogen and oxygen atoms in total. The van der Waals surface area contributed by atoms with Gasteiger partial charge in [0, 0.05) is 22.3 Å². The molecule has 0 amide bonds. The summed E-state index contributed by atoms with van der Waals surface area (Å²) in [4.78, 5) is 0. The Morgan fingerprint density at radius 3 is 2.75 bits per heavy atom. The van der Waals surface area contributed by atoms with E-state index < -0.39 is 0 Å². The number of hydrogen-bond acceptors (Lipinski definition) is 2. The molecule has 0 aromatic rings. The second-order valence-corrected chi connectivity index (χ2v) is 6.79. The lowest BCUT2D eigenvalue weighted by molar-refractivity contribution is 0.0307. The van der Waals surface area contributed by atoms with Gasteiger partial charge in [-0.3, -0.25) is 0 Å². The SMILES string of the molecule is O[C@H]1[C@@H]2[C@H]3C[C@H]4[C@H]2S[C@H]2[C@@H]1[C@H]3[C@H]42. The molecule has 4 saturated carbocycles. The summed E-state index contributed by atoms with van der Waals surface area (Å²) in [6.07, 6.45) is 1.61. The molecule has 0 aromatic carbocycles. The average molecular weight is 180 g/mol. The zero-order chi connectivity index (χ0) is 7.61. The Hall–Kier alpha value is 0.310. The first kappa shape index (κ1) is 5.92. The number of hydrogen-bond donors (Lipinski definition) is 1. The van der Waals surface area contributed by atoms with Gasteiger partial charge in [-0.2, -0.15) is 11.8 Å². The molecule has 0 spiro atoms. The second kappa shape index (κ2) is 1.40. The largest absolute Gasteiger partial charge is 0.392 e. The van der Waals surface area contributed by atoms with Gasteiger partial charge in [0.15, 0.2) is 0 Å². The summed E-state index contributed by atoms with van der Waals surface area (Å²) in [6.45, 7) is 0.